The highest BCUT2D eigenvalue weighted by molar-refractivity contribution is 7.71. The molecule has 0 aliphatic rings. The molecule has 2 heterocycles. The predicted octanol–water partition coefficient (Wildman–Crippen LogP) is 1.31. The smallest absolute Gasteiger partial charge is 0.288 e. The van der Waals surface area contributed by atoms with Crippen LogP contribution >= 0.6 is 12.2 Å². The summed E-state index contributed by atoms with van der Waals surface area (Å²) in [6.07, 6.45) is 1.45. The average Bonchev–Trinajstić information content (AvgIpc) is 2.66. The standard InChI is InChI=1S/C17H15N5O3S/c23-14(20-21-15(24)13-7-3-4-9-18-13)8-10-22-16(25)11-5-1-2-6-12(11)19-17(22)26/h1-7,9H,8,10H2,(H,19,26)(H,20,23)(H,21,24). The molecule has 26 heavy (non-hydrogen) atoms. The van der Waals surface area contributed by atoms with E-state index in [0.717, 1.165) is 0 Å². The van der Waals surface area contributed by atoms with Crippen molar-refractivity contribution < 1.29 is 9.59 Å². The van der Waals surface area contributed by atoms with Gasteiger partial charge in [0.05, 0.1) is 10.9 Å². The topological polar surface area (TPSA) is 109 Å². The number of carbonyl (C=O) groups excluding carboxylic acids is 2. The third-order valence-electron chi connectivity index (χ3n) is 3.66. The van der Waals surface area contributed by atoms with Crippen molar-refractivity contribution in [1.29, 1.82) is 0 Å². The molecule has 0 unspecified atom stereocenters. The van der Waals surface area contributed by atoms with Crippen molar-refractivity contribution >= 4 is 34.9 Å². The monoisotopic (exact) mass is 369 g/mol. The van der Waals surface area contributed by atoms with Crippen LogP contribution in [0.1, 0.15) is 16.9 Å². The Kier molecular flexibility index (Phi) is 5.18. The van der Waals surface area contributed by atoms with Gasteiger partial charge in [-0.25, -0.2) is 0 Å². The van der Waals surface area contributed by atoms with Crippen molar-refractivity contribution in [2.75, 3.05) is 0 Å². The summed E-state index contributed by atoms with van der Waals surface area (Å²) >= 11 is 5.19. The number of hydrazine groups is 1. The van der Waals surface area contributed by atoms with Crippen LogP contribution in [0.15, 0.2) is 53.5 Å². The second kappa shape index (κ2) is 7.70. The summed E-state index contributed by atoms with van der Waals surface area (Å²) in [5, 5.41) is 0.491. The molecule has 0 aliphatic carbocycles. The van der Waals surface area contributed by atoms with Gasteiger partial charge in [-0.3, -0.25) is 34.8 Å². The molecule has 0 saturated heterocycles. The third kappa shape index (κ3) is 3.83. The predicted molar refractivity (Wildman–Crippen MR) is 97.9 cm³/mol. The summed E-state index contributed by atoms with van der Waals surface area (Å²) in [5.74, 6) is -0.983. The van der Waals surface area contributed by atoms with Gasteiger partial charge in [0.1, 0.15) is 5.69 Å². The van der Waals surface area contributed by atoms with Crippen molar-refractivity contribution in [3.63, 3.8) is 0 Å². The summed E-state index contributed by atoms with van der Waals surface area (Å²) in [4.78, 5) is 43.1. The fourth-order valence-corrected chi connectivity index (χ4v) is 2.65. The molecule has 8 nitrogen and oxygen atoms in total. The van der Waals surface area contributed by atoms with E-state index in [9.17, 15) is 14.4 Å². The largest absolute Gasteiger partial charge is 0.332 e. The Morgan fingerprint density at radius 2 is 1.88 bits per heavy atom. The number of carbonyl (C=O) groups is 2. The lowest BCUT2D eigenvalue weighted by Crippen LogP contribution is -2.42. The minimum Gasteiger partial charge on any atom is -0.332 e. The Balaban J connectivity index is 1.63. The van der Waals surface area contributed by atoms with Crippen LogP contribution in [-0.4, -0.2) is 26.3 Å². The third-order valence-corrected chi connectivity index (χ3v) is 3.99. The van der Waals surface area contributed by atoms with E-state index in [-0.39, 0.29) is 29.0 Å². The number of amides is 2. The Morgan fingerprint density at radius 3 is 2.65 bits per heavy atom. The highest BCUT2D eigenvalue weighted by atomic mass is 32.1. The van der Waals surface area contributed by atoms with E-state index in [0.29, 0.717) is 10.9 Å². The molecule has 0 atom stereocenters. The molecule has 2 amide bonds. The van der Waals surface area contributed by atoms with Crippen LogP contribution < -0.4 is 16.4 Å². The summed E-state index contributed by atoms with van der Waals surface area (Å²) < 4.78 is 1.55. The van der Waals surface area contributed by atoms with Crippen molar-refractivity contribution in [1.82, 2.24) is 25.4 Å². The van der Waals surface area contributed by atoms with Gasteiger partial charge in [0.15, 0.2) is 4.77 Å². The number of para-hydroxylation sites is 1. The number of aromatic amines is 1. The fourth-order valence-electron chi connectivity index (χ4n) is 2.37. The second-order valence-electron chi connectivity index (χ2n) is 5.40. The zero-order valence-corrected chi connectivity index (χ0v) is 14.4. The van der Waals surface area contributed by atoms with Gasteiger partial charge in [-0.1, -0.05) is 18.2 Å². The van der Waals surface area contributed by atoms with Gasteiger partial charge in [0.25, 0.3) is 11.5 Å². The Morgan fingerprint density at radius 1 is 1.12 bits per heavy atom. The molecule has 0 fully saturated rings. The number of hydrogen-bond acceptors (Lipinski definition) is 5. The fraction of sp³-hybridized carbons (Fsp3) is 0.118. The van der Waals surface area contributed by atoms with Crippen molar-refractivity contribution in [3.8, 4) is 0 Å². The number of pyridine rings is 1. The van der Waals surface area contributed by atoms with Gasteiger partial charge < -0.3 is 4.98 Å². The highest BCUT2D eigenvalue weighted by Crippen LogP contribution is 2.06. The molecule has 9 heteroatoms. The van der Waals surface area contributed by atoms with Crippen LogP contribution in [-0.2, 0) is 11.3 Å². The van der Waals surface area contributed by atoms with Gasteiger partial charge in [-0.05, 0) is 36.5 Å². The molecule has 132 valence electrons. The van der Waals surface area contributed by atoms with Crippen LogP contribution in [0.5, 0.6) is 0 Å². The first-order valence-electron chi connectivity index (χ1n) is 7.78. The van der Waals surface area contributed by atoms with Crippen LogP contribution in [0.4, 0.5) is 0 Å². The first-order chi connectivity index (χ1) is 12.6. The molecule has 0 bridgehead atoms. The number of H-pyrrole nitrogens is 1. The summed E-state index contributed by atoms with van der Waals surface area (Å²) in [7, 11) is 0. The van der Waals surface area contributed by atoms with Crippen molar-refractivity contribution in [3.05, 3.63) is 69.5 Å². The average molecular weight is 369 g/mol. The molecule has 3 N–H and O–H groups in total. The molecule has 0 radical (unpaired) electrons. The second-order valence-corrected chi connectivity index (χ2v) is 5.79. The van der Waals surface area contributed by atoms with Gasteiger partial charge in [0.2, 0.25) is 5.91 Å². The van der Waals surface area contributed by atoms with E-state index >= 15 is 0 Å². The van der Waals surface area contributed by atoms with Crippen LogP contribution in [0.3, 0.4) is 0 Å². The quantitative estimate of drug-likeness (QED) is 0.475. The molecule has 0 spiro atoms. The number of hydrogen-bond donors (Lipinski definition) is 3. The Labute approximate surface area is 152 Å². The van der Waals surface area contributed by atoms with Crippen LogP contribution in [0.2, 0.25) is 0 Å². The number of benzene rings is 1. The number of nitrogens with zero attached hydrogens (tertiary/aromatic N) is 2. The summed E-state index contributed by atoms with van der Waals surface area (Å²) in [6.45, 7) is 0.0876. The first-order valence-corrected chi connectivity index (χ1v) is 8.19. The van der Waals surface area contributed by atoms with Gasteiger partial charge in [0, 0.05) is 19.2 Å². The normalized spacial score (nSPS) is 10.5. The molecule has 1 aromatic carbocycles. The number of fused-ring (bicyclic) bond motifs is 1. The molecule has 2 aromatic heterocycles. The summed E-state index contributed by atoms with van der Waals surface area (Å²) in [6, 6.07) is 11.9. The maximum atomic E-state index is 12.5. The molecule has 3 rings (SSSR count). The molecule has 3 aromatic rings. The lowest BCUT2D eigenvalue weighted by molar-refractivity contribution is -0.122. The maximum absolute atomic E-state index is 12.5. The van der Waals surface area contributed by atoms with Gasteiger partial charge in [-0.2, -0.15) is 0 Å². The molecule has 0 saturated carbocycles. The number of nitrogens with one attached hydrogen (secondary N) is 3. The lowest BCUT2D eigenvalue weighted by atomic mass is 10.2. The Bertz CT molecular complexity index is 1070. The first kappa shape index (κ1) is 17.5. The van der Waals surface area contributed by atoms with E-state index in [1.807, 2.05) is 0 Å². The van der Waals surface area contributed by atoms with Crippen molar-refractivity contribution in [2.45, 2.75) is 13.0 Å². The summed E-state index contributed by atoms with van der Waals surface area (Å²) in [5.41, 5.74) is 5.12. The van der Waals surface area contributed by atoms with E-state index < -0.39 is 11.8 Å². The maximum Gasteiger partial charge on any atom is 0.288 e. The zero-order chi connectivity index (χ0) is 18.5. The number of rotatable bonds is 4. The van der Waals surface area contributed by atoms with E-state index in [1.165, 1.54) is 16.8 Å². The molecular formula is C17H15N5O3S. The van der Waals surface area contributed by atoms with Gasteiger partial charge in [-0.15, -0.1) is 0 Å². The SMILES string of the molecule is O=C(CCn1c(=S)[nH]c2ccccc2c1=O)NNC(=O)c1ccccn1. The van der Waals surface area contributed by atoms with Crippen LogP contribution in [0, 0.1) is 4.77 Å². The number of aromatic nitrogens is 3. The van der Waals surface area contributed by atoms with E-state index in [4.69, 9.17) is 12.2 Å². The van der Waals surface area contributed by atoms with E-state index in [2.05, 4.69) is 20.8 Å². The van der Waals surface area contributed by atoms with Crippen LogP contribution in [0.25, 0.3) is 10.9 Å². The molecule has 0 aliphatic heterocycles. The minimum absolute atomic E-state index is 0.0295. The molecular weight excluding hydrogens is 354 g/mol. The van der Waals surface area contributed by atoms with E-state index in [1.54, 1.807) is 36.4 Å². The van der Waals surface area contributed by atoms with Gasteiger partial charge >= 0.3 is 0 Å². The van der Waals surface area contributed by atoms with Crippen molar-refractivity contribution in [2.24, 2.45) is 0 Å². The highest BCUT2D eigenvalue weighted by Gasteiger charge is 2.10. The minimum atomic E-state index is -0.529. The lowest BCUT2D eigenvalue weighted by Gasteiger charge is -2.09. The Hall–Kier alpha value is -3.33. The zero-order valence-electron chi connectivity index (χ0n) is 13.6.